The van der Waals surface area contributed by atoms with Gasteiger partial charge in [0.05, 0.1) is 12.5 Å². The van der Waals surface area contributed by atoms with Crippen molar-refractivity contribution in [2.75, 3.05) is 0 Å². The second-order valence-electron chi connectivity index (χ2n) is 5.30. The van der Waals surface area contributed by atoms with Gasteiger partial charge >= 0.3 is 0 Å². The van der Waals surface area contributed by atoms with Gasteiger partial charge in [0.15, 0.2) is 0 Å². The SMILES string of the molecule is CC(Cc1cccs1)NC1CC(=O)N(C(C)C)C1=O. The van der Waals surface area contributed by atoms with Crippen LogP contribution >= 0.6 is 11.3 Å². The molecule has 0 aromatic carbocycles. The van der Waals surface area contributed by atoms with Crippen molar-refractivity contribution in [3.05, 3.63) is 22.4 Å². The summed E-state index contributed by atoms with van der Waals surface area (Å²) in [7, 11) is 0. The topological polar surface area (TPSA) is 49.4 Å². The van der Waals surface area contributed by atoms with Crippen LogP contribution < -0.4 is 5.32 Å². The number of rotatable bonds is 5. The van der Waals surface area contributed by atoms with Gasteiger partial charge in [0, 0.05) is 17.0 Å². The molecule has 1 aromatic rings. The molecule has 19 heavy (non-hydrogen) atoms. The maximum atomic E-state index is 12.1. The monoisotopic (exact) mass is 280 g/mol. The number of hydrogen-bond acceptors (Lipinski definition) is 4. The van der Waals surface area contributed by atoms with Crippen molar-refractivity contribution in [1.82, 2.24) is 10.2 Å². The highest BCUT2D eigenvalue weighted by Crippen LogP contribution is 2.18. The molecule has 2 atom stereocenters. The fraction of sp³-hybridized carbons (Fsp3) is 0.571. The zero-order chi connectivity index (χ0) is 14.0. The summed E-state index contributed by atoms with van der Waals surface area (Å²) in [5.41, 5.74) is 0. The minimum atomic E-state index is -0.357. The van der Waals surface area contributed by atoms with E-state index in [0.29, 0.717) is 0 Å². The molecular formula is C14H20N2O2S. The lowest BCUT2D eigenvalue weighted by Crippen LogP contribution is -2.45. The summed E-state index contributed by atoms with van der Waals surface area (Å²) in [6, 6.07) is 3.89. The summed E-state index contributed by atoms with van der Waals surface area (Å²) in [6.07, 6.45) is 1.17. The molecule has 1 saturated heterocycles. The van der Waals surface area contributed by atoms with Crippen molar-refractivity contribution in [3.8, 4) is 0 Å². The molecule has 2 amide bonds. The van der Waals surface area contributed by atoms with Gasteiger partial charge in [-0.15, -0.1) is 11.3 Å². The standard InChI is InChI=1S/C14H20N2O2S/c1-9(2)16-13(17)8-12(14(16)18)15-10(3)7-11-5-4-6-19-11/h4-6,9-10,12,15H,7-8H2,1-3H3. The maximum Gasteiger partial charge on any atom is 0.247 e. The molecule has 1 fully saturated rings. The number of likely N-dealkylation sites (tertiary alicyclic amines) is 1. The van der Waals surface area contributed by atoms with Gasteiger partial charge in [-0.05, 0) is 38.6 Å². The van der Waals surface area contributed by atoms with E-state index in [4.69, 9.17) is 0 Å². The van der Waals surface area contributed by atoms with Crippen LogP contribution in [-0.4, -0.2) is 34.8 Å². The smallest absolute Gasteiger partial charge is 0.247 e. The first-order valence-electron chi connectivity index (χ1n) is 6.63. The largest absolute Gasteiger partial charge is 0.303 e. The van der Waals surface area contributed by atoms with Gasteiger partial charge < -0.3 is 5.32 Å². The normalized spacial score (nSPS) is 21.5. The molecule has 4 nitrogen and oxygen atoms in total. The first-order chi connectivity index (χ1) is 8.99. The van der Waals surface area contributed by atoms with E-state index in [1.54, 1.807) is 11.3 Å². The van der Waals surface area contributed by atoms with Gasteiger partial charge in [0.1, 0.15) is 0 Å². The summed E-state index contributed by atoms with van der Waals surface area (Å²) in [4.78, 5) is 26.6. The highest BCUT2D eigenvalue weighted by atomic mass is 32.1. The molecule has 0 radical (unpaired) electrons. The Balaban J connectivity index is 1.93. The highest BCUT2D eigenvalue weighted by Gasteiger charge is 2.40. The summed E-state index contributed by atoms with van der Waals surface area (Å²) in [6.45, 7) is 5.79. The third-order valence-corrected chi connectivity index (χ3v) is 4.17. The van der Waals surface area contributed by atoms with Gasteiger partial charge in [0.2, 0.25) is 11.8 Å². The first kappa shape index (κ1) is 14.2. The zero-order valence-electron chi connectivity index (χ0n) is 11.6. The molecule has 2 unspecified atom stereocenters. The fourth-order valence-electron chi connectivity index (χ4n) is 2.46. The van der Waals surface area contributed by atoms with Crippen LogP contribution in [0, 0.1) is 0 Å². The lowest BCUT2D eigenvalue weighted by molar-refractivity contribution is -0.140. The molecule has 2 rings (SSSR count). The van der Waals surface area contributed by atoms with Crippen LogP contribution in [0.15, 0.2) is 17.5 Å². The minimum absolute atomic E-state index is 0.0561. The van der Waals surface area contributed by atoms with Crippen molar-refractivity contribution >= 4 is 23.2 Å². The Morgan fingerprint density at radius 2 is 2.16 bits per heavy atom. The highest BCUT2D eigenvalue weighted by molar-refractivity contribution is 7.09. The van der Waals surface area contributed by atoms with Crippen LogP contribution in [0.3, 0.4) is 0 Å². The van der Waals surface area contributed by atoms with Gasteiger partial charge in [-0.2, -0.15) is 0 Å². The average Bonchev–Trinajstić information content (AvgIpc) is 2.88. The Morgan fingerprint density at radius 1 is 1.42 bits per heavy atom. The Hall–Kier alpha value is -1.20. The van der Waals surface area contributed by atoms with Crippen molar-refractivity contribution < 1.29 is 9.59 Å². The number of carbonyl (C=O) groups is 2. The Labute approximate surface area is 117 Å². The van der Waals surface area contributed by atoms with E-state index in [9.17, 15) is 9.59 Å². The Bertz CT molecular complexity index is 456. The van der Waals surface area contributed by atoms with Crippen LogP contribution in [0.25, 0.3) is 0 Å². The Morgan fingerprint density at radius 3 is 2.68 bits per heavy atom. The van der Waals surface area contributed by atoms with E-state index in [1.807, 2.05) is 25.3 Å². The lowest BCUT2D eigenvalue weighted by Gasteiger charge is -2.21. The predicted molar refractivity (Wildman–Crippen MR) is 76.0 cm³/mol. The van der Waals surface area contributed by atoms with Crippen molar-refractivity contribution in [2.45, 2.75) is 51.7 Å². The molecule has 104 valence electrons. The molecule has 0 spiro atoms. The number of nitrogens with one attached hydrogen (secondary N) is 1. The summed E-state index contributed by atoms with van der Waals surface area (Å²) in [5.74, 6) is -0.154. The molecule has 1 aliphatic rings. The molecule has 1 N–H and O–H groups in total. The van der Waals surface area contributed by atoms with Crippen LogP contribution in [-0.2, 0) is 16.0 Å². The molecule has 0 aliphatic carbocycles. The number of carbonyl (C=O) groups excluding carboxylic acids is 2. The minimum Gasteiger partial charge on any atom is -0.303 e. The molecular weight excluding hydrogens is 260 g/mol. The van der Waals surface area contributed by atoms with E-state index >= 15 is 0 Å². The van der Waals surface area contributed by atoms with E-state index in [1.165, 1.54) is 9.78 Å². The number of amides is 2. The average molecular weight is 280 g/mol. The maximum absolute atomic E-state index is 12.1. The molecule has 0 bridgehead atoms. The predicted octanol–water partition coefficient (Wildman–Crippen LogP) is 1.80. The molecule has 2 heterocycles. The second kappa shape index (κ2) is 5.84. The van der Waals surface area contributed by atoms with Gasteiger partial charge in [-0.1, -0.05) is 6.07 Å². The quantitative estimate of drug-likeness (QED) is 0.837. The van der Waals surface area contributed by atoms with Crippen LogP contribution in [0.4, 0.5) is 0 Å². The van der Waals surface area contributed by atoms with Crippen molar-refractivity contribution in [1.29, 1.82) is 0 Å². The molecule has 1 aromatic heterocycles. The van der Waals surface area contributed by atoms with Crippen LogP contribution in [0.5, 0.6) is 0 Å². The number of nitrogens with zero attached hydrogens (tertiary/aromatic N) is 1. The lowest BCUT2D eigenvalue weighted by atomic mass is 10.1. The first-order valence-corrected chi connectivity index (χ1v) is 7.51. The van der Waals surface area contributed by atoms with Gasteiger partial charge in [-0.25, -0.2) is 0 Å². The van der Waals surface area contributed by atoms with Crippen molar-refractivity contribution in [2.24, 2.45) is 0 Å². The molecule has 1 aliphatic heterocycles. The third kappa shape index (κ3) is 3.22. The van der Waals surface area contributed by atoms with E-state index < -0.39 is 0 Å². The molecule has 0 saturated carbocycles. The Kier molecular flexibility index (Phi) is 4.37. The van der Waals surface area contributed by atoms with Crippen molar-refractivity contribution in [3.63, 3.8) is 0 Å². The van der Waals surface area contributed by atoms with E-state index in [2.05, 4.69) is 18.3 Å². The fourth-order valence-corrected chi connectivity index (χ4v) is 3.29. The third-order valence-electron chi connectivity index (χ3n) is 3.27. The van der Waals surface area contributed by atoms with Gasteiger partial charge in [-0.3, -0.25) is 14.5 Å². The molecule has 5 heteroatoms. The zero-order valence-corrected chi connectivity index (χ0v) is 12.4. The van der Waals surface area contributed by atoms with E-state index in [0.717, 1.165) is 6.42 Å². The number of hydrogen-bond donors (Lipinski definition) is 1. The second-order valence-corrected chi connectivity index (χ2v) is 6.34. The summed E-state index contributed by atoms with van der Waals surface area (Å²) < 4.78 is 0. The summed E-state index contributed by atoms with van der Waals surface area (Å²) >= 11 is 1.71. The summed E-state index contributed by atoms with van der Waals surface area (Å²) in [5, 5.41) is 5.33. The van der Waals surface area contributed by atoms with E-state index in [-0.39, 0.29) is 36.4 Å². The van der Waals surface area contributed by atoms with Gasteiger partial charge in [0.25, 0.3) is 0 Å². The van der Waals surface area contributed by atoms with Crippen LogP contribution in [0.2, 0.25) is 0 Å². The number of thiophene rings is 1. The number of imide groups is 1. The van der Waals surface area contributed by atoms with Crippen LogP contribution in [0.1, 0.15) is 32.1 Å².